The maximum absolute atomic E-state index is 13.0. The number of nitrogens with zero attached hydrogens (tertiary/aromatic N) is 1. The minimum atomic E-state index is -1.28. The molecule has 2 aliphatic rings. The van der Waals surface area contributed by atoms with Crippen LogP contribution in [0, 0.1) is 5.92 Å². The van der Waals surface area contributed by atoms with Gasteiger partial charge in [-0.1, -0.05) is 13.8 Å². The van der Waals surface area contributed by atoms with Crippen LogP contribution in [-0.4, -0.2) is 92.8 Å². The molecule has 1 N–H and O–H groups in total. The Labute approximate surface area is 181 Å². The van der Waals surface area contributed by atoms with E-state index in [0.29, 0.717) is 32.0 Å². The number of aliphatic hydroxyl groups excluding tert-OH is 1. The molecule has 0 bridgehead atoms. The number of carbonyl (C=O) groups excluding carboxylic acids is 3. The van der Waals surface area contributed by atoms with E-state index in [0.717, 1.165) is 4.90 Å². The highest BCUT2D eigenvalue weighted by Crippen LogP contribution is 2.25. The number of imide groups is 1. The fraction of sp³-hybridized carbons (Fsp3) is 0.667. The number of ether oxygens (including phenoxy) is 5. The summed E-state index contributed by atoms with van der Waals surface area (Å²) in [5.41, 5.74) is 0. The van der Waals surface area contributed by atoms with E-state index in [1.165, 1.54) is 19.3 Å². The number of hydrogen-bond acceptors (Lipinski definition) is 9. The van der Waals surface area contributed by atoms with Gasteiger partial charge in [0.05, 0.1) is 39.1 Å². The second kappa shape index (κ2) is 12.6. The Kier molecular flexibility index (Phi) is 10.1. The molecule has 2 amide bonds. The molecule has 0 spiro atoms. The van der Waals surface area contributed by atoms with Crippen LogP contribution in [-0.2, 0) is 33.3 Å². The number of methoxy groups -OCH3 is 1. The maximum Gasteiger partial charge on any atom is 0.417 e. The van der Waals surface area contributed by atoms with E-state index in [4.69, 9.17) is 28.8 Å². The third kappa shape index (κ3) is 6.86. The SMILES string of the molecule is CO[C@H](C(=O)N1C(=O)OC[C@@H]1C(C)C)[C@H]1OC(=CCCOCCOCCO)C=CC1=O. The lowest BCUT2D eigenvalue weighted by Crippen LogP contribution is -2.53. The Morgan fingerprint density at radius 2 is 1.94 bits per heavy atom. The molecule has 2 rings (SSSR count). The van der Waals surface area contributed by atoms with Crippen LogP contribution in [0.4, 0.5) is 4.79 Å². The van der Waals surface area contributed by atoms with Crippen molar-refractivity contribution in [1.82, 2.24) is 4.90 Å². The molecule has 0 aromatic rings. The van der Waals surface area contributed by atoms with Crippen molar-refractivity contribution in [3.8, 4) is 0 Å². The second-order valence-electron chi connectivity index (χ2n) is 7.37. The summed E-state index contributed by atoms with van der Waals surface area (Å²) in [5.74, 6) is -0.699. The Morgan fingerprint density at radius 3 is 2.58 bits per heavy atom. The largest absolute Gasteiger partial charge is 0.479 e. The summed E-state index contributed by atoms with van der Waals surface area (Å²) in [7, 11) is 1.29. The van der Waals surface area contributed by atoms with Crippen molar-refractivity contribution >= 4 is 17.8 Å². The van der Waals surface area contributed by atoms with Gasteiger partial charge in [-0.15, -0.1) is 0 Å². The number of carbonyl (C=O) groups is 3. The van der Waals surface area contributed by atoms with Crippen LogP contribution in [0.5, 0.6) is 0 Å². The molecule has 1 saturated heterocycles. The molecule has 31 heavy (non-hydrogen) atoms. The van der Waals surface area contributed by atoms with Gasteiger partial charge in [-0.05, 0) is 30.6 Å². The summed E-state index contributed by atoms with van der Waals surface area (Å²) in [5, 5.41) is 8.62. The highest BCUT2D eigenvalue weighted by atomic mass is 16.6. The molecule has 0 aromatic heterocycles. The minimum absolute atomic E-state index is 0.0136. The number of ketones is 1. The first kappa shape index (κ1) is 25.0. The first-order valence-corrected chi connectivity index (χ1v) is 10.3. The molecule has 174 valence electrons. The normalized spacial score (nSPS) is 23.4. The van der Waals surface area contributed by atoms with Gasteiger partial charge in [0, 0.05) is 7.11 Å². The fourth-order valence-electron chi connectivity index (χ4n) is 3.17. The Bertz CT molecular complexity index is 688. The lowest BCUT2D eigenvalue weighted by Gasteiger charge is -2.31. The van der Waals surface area contributed by atoms with Crippen molar-refractivity contribution in [1.29, 1.82) is 0 Å². The summed E-state index contributed by atoms with van der Waals surface area (Å²) in [6.45, 7) is 5.29. The van der Waals surface area contributed by atoms with Gasteiger partial charge in [-0.25, -0.2) is 9.69 Å². The summed E-state index contributed by atoms with van der Waals surface area (Å²) in [6, 6.07) is -0.430. The molecule has 10 heteroatoms. The molecule has 0 aliphatic carbocycles. The fourth-order valence-corrected chi connectivity index (χ4v) is 3.17. The number of rotatable bonds is 12. The summed E-state index contributed by atoms with van der Waals surface area (Å²) >= 11 is 0. The zero-order valence-electron chi connectivity index (χ0n) is 18.2. The topological polar surface area (TPSA) is 121 Å². The highest BCUT2D eigenvalue weighted by Gasteiger charge is 2.47. The van der Waals surface area contributed by atoms with Gasteiger partial charge in [-0.3, -0.25) is 9.59 Å². The zero-order chi connectivity index (χ0) is 22.8. The van der Waals surface area contributed by atoms with Gasteiger partial charge < -0.3 is 28.8 Å². The van der Waals surface area contributed by atoms with Gasteiger partial charge in [-0.2, -0.15) is 0 Å². The average molecular weight is 441 g/mol. The minimum Gasteiger partial charge on any atom is -0.479 e. The third-order valence-corrected chi connectivity index (χ3v) is 4.86. The quantitative estimate of drug-likeness (QED) is 0.439. The molecule has 1 fully saturated rings. The first-order chi connectivity index (χ1) is 14.9. The number of hydrogen-bond donors (Lipinski definition) is 1. The van der Waals surface area contributed by atoms with E-state index >= 15 is 0 Å². The zero-order valence-corrected chi connectivity index (χ0v) is 18.2. The predicted molar refractivity (Wildman–Crippen MR) is 108 cm³/mol. The first-order valence-electron chi connectivity index (χ1n) is 10.3. The van der Waals surface area contributed by atoms with Crippen LogP contribution in [0.15, 0.2) is 24.0 Å². The summed E-state index contributed by atoms with van der Waals surface area (Å²) < 4.78 is 26.5. The monoisotopic (exact) mass is 441 g/mol. The molecule has 2 heterocycles. The van der Waals surface area contributed by atoms with Crippen molar-refractivity contribution in [3.05, 3.63) is 24.0 Å². The smallest absolute Gasteiger partial charge is 0.417 e. The molecule has 3 atom stereocenters. The molecule has 2 aliphatic heterocycles. The van der Waals surface area contributed by atoms with Crippen molar-refractivity contribution in [2.75, 3.05) is 46.8 Å². The van der Waals surface area contributed by atoms with Gasteiger partial charge in [0.2, 0.25) is 0 Å². The van der Waals surface area contributed by atoms with Crippen LogP contribution in [0.3, 0.4) is 0 Å². The van der Waals surface area contributed by atoms with Gasteiger partial charge >= 0.3 is 6.09 Å². The Morgan fingerprint density at radius 1 is 1.23 bits per heavy atom. The van der Waals surface area contributed by atoms with Crippen LogP contribution < -0.4 is 0 Å². The number of allylic oxidation sites excluding steroid dienone is 1. The van der Waals surface area contributed by atoms with Crippen molar-refractivity contribution in [2.45, 2.75) is 38.5 Å². The third-order valence-electron chi connectivity index (χ3n) is 4.86. The standard InChI is InChI=1S/C21H31NO9/c1-14(2)16-13-30-21(26)22(16)20(25)19(27-3)18-17(24)7-6-15(31-18)5-4-9-28-11-12-29-10-8-23/h5-7,14,16,18-19,23H,4,8-13H2,1-3H3/t16-,18+,19+/m1/s1. The van der Waals surface area contributed by atoms with Gasteiger partial charge in [0.15, 0.2) is 18.0 Å². The lowest BCUT2D eigenvalue weighted by molar-refractivity contribution is -0.154. The molecule has 10 nitrogen and oxygen atoms in total. The molecular formula is C21H31NO9. The average Bonchev–Trinajstić information content (AvgIpc) is 3.14. The molecule has 0 saturated carbocycles. The van der Waals surface area contributed by atoms with Crippen molar-refractivity contribution in [3.63, 3.8) is 0 Å². The summed E-state index contributed by atoms with van der Waals surface area (Å²) in [6.07, 6.45) is 1.85. The number of cyclic esters (lactones) is 1. The van der Waals surface area contributed by atoms with E-state index in [9.17, 15) is 14.4 Å². The van der Waals surface area contributed by atoms with Crippen LogP contribution in [0.25, 0.3) is 0 Å². The van der Waals surface area contributed by atoms with Crippen LogP contribution in [0.2, 0.25) is 0 Å². The van der Waals surface area contributed by atoms with E-state index in [2.05, 4.69) is 0 Å². The second-order valence-corrected chi connectivity index (χ2v) is 7.37. The molecule has 0 aromatic carbocycles. The predicted octanol–water partition coefficient (Wildman–Crippen LogP) is 0.828. The van der Waals surface area contributed by atoms with E-state index in [1.54, 1.807) is 6.08 Å². The van der Waals surface area contributed by atoms with E-state index < -0.39 is 36.0 Å². The van der Waals surface area contributed by atoms with Crippen molar-refractivity contribution < 1.29 is 43.2 Å². The summed E-state index contributed by atoms with van der Waals surface area (Å²) in [4.78, 5) is 38.6. The van der Waals surface area contributed by atoms with E-state index in [1.807, 2.05) is 13.8 Å². The van der Waals surface area contributed by atoms with E-state index in [-0.39, 0.29) is 25.7 Å². The molecular weight excluding hydrogens is 410 g/mol. The maximum atomic E-state index is 13.0. The Balaban J connectivity index is 1.95. The Hall–Kier alpha value is -2.27. The van der Waals surface area contributed by atoms with Crippen LogP contribution in [0.1, 0.15) is 20.3 Å². The van der Waals surface area contributed by atoms with Gasteiger partial charge in [0.1, 0.15) is 12.4 Å². The molecule has 0 unspecified atom stereocenters. The number of amides is 2. The van der Waals surface area contributed by atoms with Crippen molar-refractivity contribution in [2.24, 2.45) is 5.92 Å². The lowest BCUT2D eigenvalue weighted by atomic mass is 10.0. The van der Waals surface area contributed by atoms with Crippen LogP contribution >= 0.6 is 0 Å². The molecule has 0 radical (unpaired) electrons. The number of aliphatic hydroxyl groups is 1. The highest BCUT2D eigenvalue weighted by molar-refractivity contribution is 6.03. The van der Waals surface area contributed by atoms with Gasteiger partial charge in [0.25, 0.3) is 5.91 Å².